The van der Waals surface area contributed by atoms with Crippen LogP contribution in [0.15, 0.2) is 36.5 Å². The van der Waals surface area contributed by atoms with E-state index in [1.807, 2.05) is 0 Å². The van der Waals surface area contributed by atoms with Crippen molar-refractivity contribution in [2.24, 2.45) is 0 Å². The molecule has 0 saturated heterocycles. The highest BCUT2D eigenvalue weighted by Crippen LogP contribution is 2.36. The highest BCUT2D eigenvalue weighted by molar-refractivity contribution is 5.96. The zero-order valence-electron chi connectivity index (χ0n) is 11.7. The largest absolute Gasteiger partial charge is 0.434 e. The minimum atomic E-state index is -4.94. The highest BCUT2D eigenvalue weighted by atomic mass is 19.4. The van der Waals surface area contributed by atoms with E-state index in [-0.39, 0.29) is 5.69 Å². The highest BCUT2D eigenvalue weighted by Gasteiger charge is 2.42. The van der Waals surface area contributed by atoms with Gasteiger partial charge in [-0.25, -0.2) is 4.68 Å². The van der Waals surface area contributed by atoms with Gasteiger partial charge in [0.25, 0.3) is 0 Å². The minimum Gasteiger partial charge on any atom is -0.294 e. The predicted octanol–water partition coefficient (Wildman–Crippen LogP) is 3.78. The van der Waals surface area contributed by atoms with Crippen molar-refractivity contribution in [2.45, 2.75) is 13.1 Å². The zero-order chi connectivity index (χ0) is 16.8. The van der Waals surface area contributed by atoms with Crippen molar-refractivity contribution in [3.8, 4) is 5.69 Å². The summed E-state index contributed by atoms with van der Waals surface area (Å²) in [6, 6.07) is 7.54. The molecule has 0 radical (unpaired) electrons. The molecule has 3 rings (SSSR count). The van der Waals surface area contributed by atoms with Crippen LogP contribution >= 0.6 is 0 Å². The van der Waals surface area contributed by atoms with Gasteiger partial charge in [-0.05, 0) is 31.2 Å². The molecular weight excluding hydrogens is 314 g/mol. The first kappa shape index (κ1) is 15.1. The van der Waals surface area contributed by atoms with Gasteiger partial charge < -0.3 is 0 Å². The summed E-state index contributed by atoms with van der Waals surface area (Å²) in [7, 11) is 0. The molecule has 0 N–H and O–H groups in total. The third-order valence-corrected chi connectivity index (χ3v) is 3.31. The summed E-state index contributed by atoms with van der Waals surface area (Å²) in [6.07, 6.45) is -3.45. The van der Waals surface area contributed by atoms with Crippen LogP contribution in [0.1, 0.15) is 23.0 Å². The molecule has 4 nitrogen and oxygen atoms in total. The number of fused-ring (bicyclic) bond motifs is 1. The van der Waals surface area contributed by atoms with Crippen molar-refractivity contribution in [3.05, 3.63) is 53.7 Å². The molecule has 0 spiro atoms. The first-order chi connectivity index (χ1) is 10.8. The van der Waals surface area contributed by atoms with E-state index >= 15 is 0 Å². The molecule has 8 heteroatoms. The van der Waals surface area contributed by atoms with Gasteiger partial charge in [-0.1, -0.05) is 6.07 Å². The number of rotatable bonds is 2. The SMILES string of the molecule is CC(=O)c1c(F)nn(-c2cccc3ncccc23)c1C(F)(F)F. The number of nitrogens with zero attached hydrogens (tertiary/aromatic N) is 3. The Kier molecular flexibility index (Phi) is 3.39. The summed E-state index contributed by atoms with van der Waals surface area (Å²) < 4.78 is 54.4. The summed E-state index contributed by atoms with van der Waals surface area (Å²) in [5, 5.41) is 3.66. The van der Waals surface area contributed by atoms with Gasteiger partial charge in [-0.3, -0.25) is 9.78 Å². The lowest BCUT2D eigenvalue weighted by Crippen LogP contribution is -2.17. The second-order valence-electron chi connectivity index (χ2n) is 4.83. The lowest BCUT2D eigenvalue weighted by atomic mass is 10.1. The van der Waals surface area contributed by atoms with Crippen molar-refractivity contribution >= 4 is 16.7 Å². The number of ketones is 1. The average molecular weight is 323 g/mol. The number of halogens is 4. The molecule has 1 aromatic carbocycles. The Hall–Kier alpha value is -2.77. The van der Waals surface area contributed by atoms with Crippen LogP contribution in [0.25, 0.3) is 16.6 Å². The first-order valence-electron chi connectivity index (χ1n) is 6.51. The normalized spacial score (nSPS) is 11.9. The summed E-state index contributed by atoms with van der Waals surface area (Å²) >= 11 is 0. The second kappa shape index (κ2) is 5.15. The van der Waals surface area contributed by atoms with Crippen LogP contribution in [0.3, 0.4) is 0 Å². The van der Waals surface area contributed by atoms with E-state index in [2.05, 4.69) is 10.1 Å². The van der Waals surface area contributed by atoms with E-state index in [0.29, 0.717) is 15.6 Å². The third-order valence-electron chi connectivity index (χ3n) is 3.31. The van der Waals surface area contributed by atoms with Crippen LogP contribution in [-0.4, -0.2) is 20.5 Å². The van der Waals surface area contributed by atoms with Crippen LogP contribution in [0.2, 0.25) is 0 Å². The monoisotopic (exact) mass is 323 g/mol. The summed E-state index contributed by atoms with van der Waals surface area (Å²) in [6.45, 7) is 0.865. The molecule has 0 bridgehead atoms. The number of hydrogen-bond donors (Lipinski definition) is 0. The molecule has 0 aliphatic carbocycles. The molecule has 0 aliphatic rings. The van der Waals surface area contributed by atoms with Crippen molar-refractivity contribution in [3.63, 3.8) is 0 Å². The standard InChI is InChI=1S/C15H9F4N3O/c1-8(23)12-13(15(17,18)19)22(21-14(12)16)11-6-2-5-10-9(11)4-3-7-20-10/h2-7H,1H3. The van der Waals surface area contributed by atoms with Crippen molar-refractivity contribution in [1.82, 2.24) is 14.8 Å². The number of carbonyl (C=O) groups is 1. The van der Waals surface area contributed by atoms with Gasteiger partial charge in [-0.2, -0.15) is 17.6 Å². The maximum Gasteiger partial charge on any atom is 0.434 e. The molecule has 118 valence electrons. The van der Waals surface area contributed by atoms with Crippen LogP contribution < -0.4 is 0 Å². The van der Waals surface area contributed by atoms with Gasteiger partial charge in [0, 0.05) is 11.6 Å². The van der Waals surface area contributed by atoms with E-state index in [9.17, 15) is 22.4 Å². The number of pyridine rings is 1. The lowest BCUT2D eigenvalue weighted by molar-refractivity contribution is -0.143. The molecule has 2 aromatic heterocycles. The Morgan fingerprint density at radius 1 is 1.17 bits per heavy atom. The Morgan fingerprint density at radius 3 is 2.57 bits per heavy atom. The van der Waals surface area contributed by atoms with Crippen molar-refractivity contribution < 1.29 is 22.4 Å². The quantitative estimate of drug-likeness (QED) is 0.533. The number of Topliss-reactive ketones (excluding diaryl/α,β-unsaturated/α-hetero) is 1. The summed E-state index contributed by atoms with van der Waals surface area (Å²) in [5.41, 5.74) is -2.08. The topological polar surface area (TPSA) is 47.8 Å². The molecule has 23 heavy (non-hydrogen) atoms. The van der Waals surface area contributed by atoms with Gasteiger partial charge in [-0.15, -0.1) is 5.10 Å². The van der Waals surface area contributed by atoms with Gasteiger partial charge >= 0.3 is 6.18 Å². The van der Waals surface area contributed by atoms with Crippen LogP contribution in [0.5, 0.6) is 0 Å². The fourth-order valence-electron chi connectivity index (χ4n) is 2.41. The number of hydrogen-bond acceptors (Lipinski definition) is 3. The van der Waals surface area contributed by atoms with E-state index in [1.165, 1.54) is 18.3 Å². The molecule has 0 fully saturated rings. The molecule has 2 heterocycles. The maximum absolute atomic E-state index is 13.9. The summed E-state index contributed by atoms with van der Waals surface area (Å²) in [5.74, 6) is -2.50. The first-order valence-corrected chi connectivity index (χ1v) is 6.51. The number of carbonyl (C=O) groups excluding carboxylic acids is 1. The predicted molar refractivity (Wildman–Crippen MR) is 73.8 cm³/mol. The molecule has 0 saturated carbocycles. The zero-order valence-corrected chi connectivity index (χ0v) is 11.7. The van der Waals surface area contributed by atoms with E-state index < -0.39 is 29.2 Å². The Balaban J connectivity index is 2.40. The lowest BCUT2D eigenvalue weighted by Gasteiger charge is -2.13. The van der Waals surface area contributed by atoms with Gasteiger partial charge in [0.15, 0.2) is 11.5 Å². The molecule has 0 aliphatic heterocycles. The number of aromatic nitrogens is 3. The molecule has 3 aromatic rings. The number of alkyl halides is 3. The van der Waals surface area contributed by atoms with E-state index in [0.717, 1.165) is 6.92 Å². The number of benzene rings is 1. The van der Waals surface area contributed by atoms with Crippen molar-refractivity contribution in [2.75, 3.05) is 0 Å². The van der Waals surface area contributed by atoms with Gasteiger partial charge in [0.1, 0.15) is 5.56 Å². The van der Waals surface area contributed by atoms with Crippen molar-refractivity contribution in [1.29, 1.82) is 0 Å². The fourth-order valence-corrected chi connectivity index (χ4v) is 2.41. The Bertz CT molecular complexity index is 909. The average Bonchev–Trinajstić information content (AvgIpc) is 2.84. The smallest absolute Gasteiger partial charge is 0.294 e. The molecular formula is C15H9F4N3O. The fraction of sp³-hybridized carbons (Fsp3) is 0.133. The second-order valence-corrected chi connectivity index (χ2v) is 4.83. The molecule has 0 unspecified atom stereocenters. The molecule has 0 amide bonds. The van der Waals surface area contributed by atoms with Crippen LogP contribution in [0.4, 0.5) is 17.6 Å². The Labute approximate surface area is 127 Å². The van der Waals surface area contributed by atoms with E-state index in [1.54, 1.807) is 18.2 Å². The van der Waals surface area contributed by atoms with E-state index in [4.69, 9.17) is 0 Å². The van der Waals surface area contributed by atoms with Crippen LogP contribution in [0, 0.1) is 5.95 Å². The third kappa shape index (κ3) is 2.45. The minimum absolute atomic E-state index is 0.00525. The Morgan fingerprint density at radius 2 is 1.91 bits per heavy atom. The van der Waals surface area contributed by atoms with Gasteiger partial charge in [0.2, 0.25) is 5.95 Å². The van der Waals surface area contributed by atoms with Crippen LogP contribution in [-0.2, 0) is 6.18 Å². The summed E-state index contributed by atoms with van der Waals surface area (Å²) in [4.78, 5) is 15.5. The molecule has 0 atom stereocenters. The van der Waals surface area contributed by atoms with Gasteiger partial charge in [0.05, 0.1) is 11.2 Å². The maximum atomic E-state index is 13.9.